The molecule has 62 valence electrons. The van der Waals surface area contributed by atoms with Gasteiger partial charge in [-0.25, -0.2) is 4.62 Å². The van der Waals surface area contributed by atoms with E-state index in [1.54, 1.807) is 0 Å². The van der Waals surface area contributed by atoms with Crippen molar-refractivity contribution in [2.45, 2.75) is 19.8 Å². The average molecular weight is 222 g/mol. The lowest BCUT2D eigenvalue weighted by Crippen LogP contribution is -2.11. The van der Waals surface area contributed by atoms with Crippen molar-refractivity contribution in [1.82, 2.24) is 5.48 Å². The maximum Gasteiger partial charge on any atom is 0.257 e. The molecule has 0 saturated heterocycles. The molecule has 0 aliphatic carbocycles. The Morgan fingerprint density at radius 1 is 1.60 bits per heavy atom. The topological polar surface area (TPSA) is 21.3 Å². The first kappa shape index (κ1) is 11.2. The highest BCUT2D eigenvalue weighted by atomic mass is 35.9. The van der Waals surface area contributed by atoms with E-state index >= 15 is 0 Å². The number of unbranched alkanes of at least 4 members (excludes halogenated alkanes) is 1. The molecule has 0 amide bonds. The van der Waals surface area contributed by atoms with E-state index < -0.39 is 4.97 Å². The molecule has 10 heavy (non-hydrogen) atoms. The highest BCUT2D eigenvalue weighted by molar-refractivity contribution is 8.36. The minimum Gasteiger partial charge on any atom is -0.239 e. The molecule has 1 N–H and O–H groups in total. The predicted octanol–water partition coefficient (Wildman–Crippen LogP) is 3.01. The van der Waals surface area contributed by atoms with Gasteiger partial charge in [-0.1, -0.05) is 13.3 Å². The van der Waals surface area contributed by atoms with Crippen LogP contribution in [0.3, 0.4) is 0 Å². The van der Waals surface area contributed by atoms with Crippen LogP contribution in [0.5, 0.6) is 0 Å². The van der Waals surface area contributed by atoms with Gasteiger partial charge in [0.15, 0.2) is 0 Å². The molecule has 2 nitrogen and oxygen atoms in total. The zero-order valence-electron chi connectivity index (χ0n) is 5.64. The standard InChI is InChI=1S/C4H10Cl2NOPS/c1-2-3-4-7-8-9(5,6)10/h7H,2-4H2,1H3. The summed E-state index contributed by atoms with van der Waals surface area (Å²) in [6.07, 6.45) is 2.13. The van der Waals surface area contributed by atoms with Crippen LogP contribution in [0.2, 0.25) is 0 Å². The first-order valence-corrected chi connectivity index (χ1v) is 7.50. The highest BCUT2D eigenvalue weighted by Crippen LogP contribution is 2.56. The summed E-state index contributed by atoms with van der Waals surface area (Å²) in [5.41, 5.74) is 2.61. The van der Waals surface area contributed by atoms with Crippen LogP contribution >= 0.6 is 27.5 Å². The van der Waals surface area contributed by atoms with Gasteiger partial charge in [0.2, 0.25) is 0 Å². The van der Waals surface area contributed by atoms with Crippen molar-refractivity contribution in [2.75, 3.05) is 6.54 Å². The zero-order chi connectivity index (χ0) is 8.04. The Morgan fingerprint density at radius 3 is 2.60 bits per heavy atom. The van der Waals surface area contributed by atoms with E-state index in [1.807, 2.05) is 0 Å². The first-order valence-electron chi connectivity index (χ1n) is 2.97. The van der Waals surface area contributed by atoms with Crippen LogP contribution in [0.4, 0.5) is 0 Å². The van der Waals surface area contributed by atoms with Crippen molar-refractivity contribution in [2.24, 2.45) is 0 Å². The minimum atomic E-state index is -2.54. The van der Waals surface area contributed by atoms with Gasteiger partial charge in [0.1, 0.15) is 0 Å². The average Bonchev–Trinajstić information content (AvgIpc) is 1.78. The summed E-state index contributed by atoms with van der Waals surface area (Å²) in [5, 5.41) is 0. The van der Waals surface area contributed by atoms with Crippen LogP contribution in [-0.4, -0.2) is 6.54 Å². The lowest BCUT2D eigenvalue weighted by molar-refractivity contribution is 0.228. The minimum absolute atomic E-state index is 0.744. The number of hydroxylamine groups is 1. The van der Waals surface area contributed by atoms with E-state index in [0.717, 1.165) is 19.4 Å². The number of hydrogen-bond acceptors (Lipinski definition) is 3. The third kappa shape index (κ3) is 9.15. The summed E-state index contributed by atoms with van der Waals surface area (Å²) in [7, 11) is 0. The van der Waals surface area contributed by atoms with Crippen molar-refractivity contribution >= 4 is 39.3 Å². The molecule has 0 aliphatic heterocycles. The van der Waals surface area contributed by atoms with E-state index in [-0.39, 0.29) is 0 Å². The highest BCUT2D eigenvalue weighted by Gasteiger charge is 2.06. The second kappa shape index (κ2) is 5.76. The Kier molecular flexibility index (Phi) is 6.42. The van der Waals surface area contributed by atoms with E-state index in [1.165, 1.54) is 0 Å². The quantitative estimate of drug-likeness (QED) is 0.439. The summed E-state index contributed by atoms with van der Waals surface area (Å²) >= 11 is 15.4. The smallest absolute Gasteiger partial charge is 0.239 e. The predicted molar refractivity (Wildman–Crippen MR) is 50.0 cm³/mol. The first-order chi connectivity index (χ1) is 4.56. The van der Waals surface area contributed by atoms with Crippen LogP contribution < -0.4 is 5.48 Å². The summed E-state index contributed by atoms with van der Waals surface area (Å²) in [6.45, 7) is 2.83. The number of rotatable bonds is 5. The molecular weight excluding hydrogens is 212 g/mol. The largest absolute Gasteiger partial charge is 0.257 e. The van der Waals surface area contributed by atoms with Crippen LogP contribution in [-0.2, 0) is 16.4 Å². The zero-order valence-corrected chi connectivity index (χ0v) is 8.86. The van der Waals surface area contributed by atoms with Gasteiger partial charge in [-0.05, 0) is 40.7 Å². The molecule has 0 rings (SSSR count). The second-order valence-corrected chi connectivity index (χ2v) is 8.89. The fourth-order valence-electron chi connectivity index (χ4n) is 0.370. The maximum absolute atomic E-state index is 5.42. The lowest BCUT2D eigenvalue weighted by Gasteiger charge is -2.06. The molecule has 0 saturated carbocycles. The Bertz CT molecular complexity index is 128. The Balaban J connectivity index is 3.13. The van der Waals surface area contributed by atoms with E-state index in [2.05, 4.69) is 24.2 Å². The molecule has 0 aromatic carbocycles. The Morgan fingerprint density at radius 2 is 2.20 bits per heavy atom. The maximum atomic E-state index is 5.42. The molecule has 0 atom stereocenters. The molecule has 0 unspecified atom stereocenters. The summed E-state index contributed by atoms with van der Waals surface area (Å²) in [6, 6.07) is 0. The van der Waals surface area contributed by atoms with Gasteiger partial charge in [-0.2, -0.15) is 5.48 Å². The van der Waals surface area contributed by atoms with Crippen molar-refractivity contribution in [3.05, 3.63) is 0 Å². The number of nitrogens with one attached hydrogen (secondary N) is 1. The lowest BCUT2D eigenvalue weighted by atomic mass is 10.3. The molecule has 0 heterocycles. The molecule has 0 fully saturated rings. The van der Waals surface area contributed by atoms with Gasteiger partial charge in [0.25, 0.3) is 4.97 Å². The third-order valence-corrected chi connectivity index (χ3v) is 1.78. The number of hydrogen-bond donors (Lipinski definition) is 1. The van der Waals surface area contributed by atoms with Crippen LogP contribution in [0.1, 0.15) is 19.8 Å². The van der Waals surface area contributed by atoms with Gasteiger partial charge in [0, 0.05) is 6.54 Å². The SMILES string of the molecule is CCCCNOP(=S)(Cl)Cl. The molecule has 0 radical (unpaired) electrons. The molecule has 0 aromatic heterocycles. The van der Waals surface area contributed by atoms with Gasteiger partial charge in [-0.15, -0.1) is 0 Å². The van der Waals surface area contributed by atoms with Crippen molar-refractivity contribution in [3.8, 4) is 0 Å². The molecule has 0 aromatic rings. The fraction of sp³-hybridized carbons (Fsp3) is 1.00. The van der Waals surface area contributed by atoms with Gasteiger partial charge >= 0.3 is 0 Å². The Labute approximate surface area is 75.8 Å². The normalized spacial score (nSPS) is 11.9. The van der Waals surface area contributed by atoms with Crippen LogP contribution in [0.15, 0.2) is 0 Å². The molecule has 6 heteroatoms. The summed E-state index contributed by atoms with van der Waals surface area (Å²) < 4.78 is 4.74. The van der Waals surface area contributed by atoms with Gasteiger partial charge < -0.3 is 0 Å². The van der Waals surface area contributed by atoms with Crippen molar-refractivity contribution in [1.29, 1.82) is 0 Å². The molecule has 0 bridgehead atoms. The number of halogens is 2. The van der Waals surface area contributed by atoms with E-state index in [0.29, 0.717) is 0 Å². The van der Waals surface area contributed by atoms with Crippen molar-refractivity contribution < 1.29 is 4.62 Å². The molecule has 0 aliphatic rings. The monoisotopic (exact) mass is 221 g/mol. The summed E-state index contributed by atoms with van der Waals surface area (Å²) in [5.74, 6) is 0. The van der Waals surface area contributed by atoms with Crippen molar-refractivity contribution in [3.63, 3.8) is 0 Å². The van der Waals surface area contributed by atoms with Gasteiger partial charge in [0.05, 0.1) is 0 Å². The van der Waals surface area contributed by atoms with Crippen LogP contribution in [0.25, 0.3) is 0 Å². The summed E-state index contributed by atoms with van der Waals surface area (Å²) in [4.78, 5) is -2.54. The Hall–Kier alpha value is 1.15. The van der Waals surface area contributed by atoms with E-state index in [9.17, 15) is 0 Å². The molecular formula is C4H10Cl2NOPS. The molecule has 0 spiro atoms. The van der Waals surface area contributed by atoms with E-state index in [4.69, 9.17) is 27.1 Å². The second-order valence-electron chi connectivity index (χ2n) is 1.75. The van der Waals surface area contributed by atoms with Gasteiger partial charge in [-0.3, -0.25) is 0 Å². The third-order valence-electron chi connectivity index (χ3n) is 0.803. The van der Waals surface area contributed by atoms with Crippen LogP contribution in [0, 0.1) is 0 Å². The fourth-order valence-corrected chi connectivity index (χ4v) is 1.06.